The summed E-state index contributed by atoms with van der Waals surface area (Å²) in [5.74, 6) is 0.0114. The highest BCUT2D eigenvalue weighted by Gasteiger charge is 2.51. The highest BCUT2D eigenvalue weighted by molar-refractivity contribution is 6.00. The maximum absolute atomic E-state index is 12.5. The molecular weight excluding hydrogens is 280 g/mol. The second kappa shape index (κ2) is 5.00. The van der Waals surface area contributed by atoms with E-state index in [2.05, 4.69) is 5.32 Å². The molecule has 1 saturated heterocycles. The van der Waals surface area contributed by atoms with Crippen molar-refractivity contribution in [1.29, 1.82) is 0 Å². The molecule has 1 fully saturated rings. The highest BCUT2D eigenvalue weighted by Crippen LogP contribution is 2.45. The summed E-state index contributed by atoms with van der Waals surface area (Å²) in [7, 11) is 0. The van der Waals surface area contributed by atoms with Crippen LogP contribution in [0.1, 0.15) is 39.2 Å². The molecule has 2 aliphatic rings. The molecule has 2 aliphatic heterocycles. The average Bonchev–Trinajstić information content (AvgIpc) is 2.77. The summed E-state index contributed by atoms with van der Waals surface area (Å²) in [6, 6.07) is 7.64. The summed E-state index contributed by atoms with van der Waals surface area (Å²) in [6.07, 6.45) is 1.28. The minimum atomic E-state index is -0.633. The topological polar surface area (TPSA) is 58.6 Å². The Balaban J connectivity index is 1.99. The fourth-order valence-corrected chi connectivity index (χ4v) is 3.32. The number of hydrogen-bond acceptors (Lipinski definition) is 3. The van der Waals surface area contributed by atoms with Gasteiger partial charge in [-0.25, -0.2) is 4.79 Å². The number of fused-ring (bicyclic) bond motifs is 2. The predicted molar refractivity (Wildman–Crippen MR) is 83.9 cm³/mol. The number of nitrogens with zero attached hydrogens (tertiary/aromatic N) is 1. The predicted octanol–water partition coefficient (Wildman–Crippen LogP) is 2.59. The van der Waals surface area contributed by atoms with Gasteiger partial charge in [0.2, 0.25) is 5.91 Å². The van der Waals surface area contributed by atoms with Gasteiger partial charge in [0.1, 0.15) is 5.60 Å². The third kappa shape index (κ3) is 2.34. The number of benzene rings is 1. The van der Waals surface area contributed by atoms with Gasteiger partial charge in [-0.15, -0.1) is 0 Å². The fraction of sp³-hybridized carbons (Fsp3) is 0.529. The number of carbonyl (C=O) groups is 2. The molecule has 0 saturated carbocycles. The van der Waals surface area contributed by atoms with E-state index < -0.39 is 17.1 Å². The van der Waals surface area contributed by atoms with Crippen LogP contribution in [0.5, 0.6) is 0 Å². The molecule has 5 nitrogen and oxygen atoms in total. The first-order valence-electron chi connectivity index (χ1n) is 7.72. The number of anilines is 1. The molecule has 1 aromatic rings. The Hall–Kier alpha value is -2.04. The van der Waals surface area contributed by atoms with Gasteiger partial charge in [0, 0.05) is 13.1 Å². The van der Waals surface area contributed by atoms with Crippen LogP contribution in [-0.2, 0) is 14.9 Å². The Morgan fingerprint density at radius 1 is 1.32 bits per heavy atom. The third-order valence-electron chi connectivity index (χ3n) is 4.25. The largest absolute Gasteiger partial charge is 0.443 e. The molecule has 3 rings (SSSR count). The first-order chi connectivity index (χ1) is 10.3. The Morgan fingerprint density at radius 2 is 2.05 bits per heavy atom. The summed E-state index contributed by atoms with van der Waals surface area (Å²) in [4.78, 5) is 26.7. The summed E-state index contributed by atoms with van der Waals surface area (Å²) >= 11 is 0. The van der Waals surface area contributed by atoms with Gasteiger partial charge in [-0.3, -0.25) is 9.69 Å². The van der Waals surface area contributed by atoms with E-state index in [-0.39, 0.29) is 5.91 Å². The van der Waals surface area contributed by atoms with Crippen LogP contribution in [0.15, 0.2) is 24.3 Å². The Morgan fingerprint density at radius 3 is 2.73 bits per heavy atom. The van der Waals surface area contributed by atoms with Gasteiger partial charge in [0.15, 0.2) is 0 Å². The first-order valence-corrected chi connectivity index (χ1v) is 7.72. The quantitative estimate of drug-likeness (QED) is 0.801. The van der Waals surface area contributed by atoms with E-state index in [0.29, 0.717) is 13.1 Å². The molecule has 2 amide bonds. The zero-order valence-electron chi connectivity index (χ0n) is 13.3. The lowest BCUT2D eigenvalue weighted by atomic mass is 9.75. The van der Waals surface area contributed by atoms with Crippen molar-refractivity contribution in [2.75, 3.05) is 18.0 Å². The number of para-hydroxylation sites is 1. The van der Waals surface area contributed by atoms with Gasteiger partial charge in [-0.05, 0) is 45.2 Å². The molecule has 1 aromatic carbocycles. The maximum atomic E-state index is 12.5. The van der Waals surface area contributed by atoms with Crippen LogP contribution in [0, 0.1) is 0 Å². The number of rotatable bonds is 0. The van der Waals surface area contributed by atoms with E-state index in [1.807, 2.05) is 45.0 Å². The van der Waals surface area contributed by atoms with E-state index in [1.54, 1.807) is 4.90 Å². The summed E-state index contributed by atoms with van der Waals surface area (Å²) < 4.78 is 5.50. The minimum Gasteiger partial charge on any atom is -0.443 e. The molecule has 2 heterocycles. The molecule has 1 spiro atoms. The van der Waals surface area contributed by atoms with Gasteiger partial charge < -0.3 is 10.1 Å². The summed E-state index contributed by atoms with van der Waals surface area (Å²) in [5, 5.41) is 2.95. The fourth-order valence-electron chi connectivity index (χ4n) is 3.32. The Labute approximate surface area is 130 Å². The van der Waals surface area contributed by atoms with Crippen molar-refractivity contribution in [3.05, 3.63) is 29.8 Å². The average molecular weight is 302 g/mol. The van der Waals surface area contributed by atoms with Crippen LogP contribution in [-0.4, -0.2) is 30.7 Å². The van der Waals surface area contributed by atoms with Crippen molar-refractivity contribution in [2.24, 2.45) is 0 Å². The van der Waals surface area contributed by atoms with Crippen LogP contribution in [0.4, 0.5) is 10.5 Å². The molecule has 1 N–H and O–H groups in total. The number of nitrogens with one attached hydrogen (secondary N) is 1. The van der Waals surface area contributed by atoms with Crippen LogP contribution in [0.25, 0.3) is 0 Å². The SMILES string of the molecule is CC(C)(C)OC(=O)N1CC2(CCCNC2=O)c2ccccc21. The first kappa shape index (κ1) is 14.9. The molecule has 0 aromatic heterocycles. The van der Waals surface area contributed by atoms with Crippen molar-refractivity contribution in [1.82, 2.24) is 5.32 Å². The monoisotopic (exact) mass is 302 g/mol. The second-order valence-electron chi connectivity index (χ2n) is 7.03. The standard InChI is InChI=1S/C17H22N2O3/c1-16(2,3)22-15(21)19-11-17(9-6-10-18-14(17)20)12-7-4-5-8-13(12)19/h4-5,7-8H,6,9-11H2,1-3H3,(H,18,20). The maximum Gasteiger partial charge on any atom is 0.414 e. The van der Waals surface area contributed by atoms with Gasteiger partial charge in [0.05, 0.1) is 11.1 Å². The van der Waals surface area contributed by atoms with Gasteiger partial charge in [0.25, 0.3) is 0 Å². The normalized spacial score (nSPS) is 24.1. The van der Waals surface area contributed by atoms with Crippen molar-refractivity contribution < 1.29 is 14.3 Å². The number of hydrogen-bond donors (Lipinski definition) is 1. The lowest BCUT2D eigenvalue weighted by Crippen LogP contribution is -2.52. The number of piperidine rings is 1. The van der Waals surface area contributed by atoms with Crippen molar-refractivity contribution in [2.45, 2.75) is 44.6 Å². The molecule has 0 radical (unpaired) electrons. The molecule has 1 atom stereocenters. The smallest absolute Gasteiger partial charge is 0.414 e. The van der Waals surface area contributed by atoms with Crippen molar-refractivity contribution >= 4 is 17.7 Å². The molecule has 0 bridgehead atoms. The third-order valence-corrected chi connectivity index (χ3v) is 4.25. The van der Waals surface area contributed by atoms with Crippen LogP contribution >= 0.6 is 0 Å². The van der Waals surface area contributed by atoms with E-state index in [1.165, 1.54) is 0 Å². The van der Waals surface area contributed by atoms with Crippen LogP contribution < -0.4 is 10.2 Å². The number of carbonyl (C=O) groups excluding carboxylic acids is 2. The molecular formula is C17H22N2O3. The van der Waals surface area contributed by atoms with Crippen LogP contribution in [0.2, 0.25) is 0 Å². The van der Waals surface area contributed by atoms with E-state index in [4.69, 9.17) is 4.74 Å². The van der Waals surface area contributed by atoms with Gasteiger partial charge in [-0.2, -0.15) is 0 Å². The van der Waals surface area contributed by atoms with Gasteiger partial charge in [-0.1, -0.05) is 18.2 Å². The van der Waals surface area contributed by atoms with Crippen molar-refractivity contribution in [3.63, 3.8) is 0 Å². The molecule has 118 valence electrons. The van der Waals surface area contributed by atoms with Gasteiger partial charge >= 0.3 is 6.09 Å². The lowest BCUT2D eigenvalue weighted by molar-refractivity contribution is -0.128. The molecule has 22 heavy (non-hydrogen) atoms. The van der Waals surface area contributed by atoms with E-state index >= 15 is 0 Å². The lowest BCUT2D eigenvalue weighted by Gasteiger charge is -2.33. The molecule has 1 unspecified atom stereocenters. The zero-order valence-corrected chi connectivity index (χ0v) is 13.3. The number of amides is 2. The summed E-state index contributed by atoms with van der Waals surface area (Å²) in [5.41, 5.74) is 0.523. The Bertz CT molecular complexity index is 621. The van der Waals surface area contributed by atoms with E-state index in [0.717, 1.165) is 24.1 Å². The highest BCUT2D eigenvalue weighted by atomic mass is 16.6. The summed E-state index contributed by atoms with van der Waals surface area (Å²) in [6.45, 7) is 6.59. The van der Waals surface area contributed by atoms with E-state index in [9.17, 15) is 9.59 Å². The zero-order chi connectivity index (χ0) is 16.0. The van der Waals surface area contributed by atoms with Crippen LogP contribution in [0.3, 0.4) is 0 Å². The van der Waals surface area contributed by atoms with Crippen molar-refractivity contribution in [3.8, 4) is 0 Å². The molecule has 0 aliphatic carbocycles. The minimum absolute atomic E-state index is 0.0114. The Kier molecular flexibility index (Phi) is 3.38. The molecule has 5 heteroatoms. The second-order valence-corrected chi connectivity index (χ2v) is 7.03. The number of ether oxygens (including phenoxy) is 1.